The summed E-state index contributed by atoms with van der Waals surface area (Å²) in [6.07, 6.45) is 0. The number of nitrogens with zero attached hydrogens (tertiary/aromatic N) is 2. The van der Waals surface area contributed by atoms with Gasteiger partial charge in [0.05, 0.1) is 16.7 Å². The number of anilines is 3. The molecular weight excluding hydrogens is 669 g/mol. The summed E-state index contributed by atoms with van der Waals surface area (Å²) in [6, 6.07) is 74.0. The molecule has 3 nitrogen and oxygen atoms in total. The van der Waals surface area contributed by atoms with E-state index in [9.17, 15) is 0 Å². The summed E-state index contributed by atoms with van der Waals surface area (Å²) in [5.41, 5.74) is 13.3. The lowest BCUT2D eigenvalue weighted by atomic mass is 10.0. The number of para-hydroxylation sites is 2. The number of aromatic nitrogens is 1. The van der Waals surface area contributed by atoms with Crippen molar-refractivity contribution in [3.63, 3.8) is 0 Å². The molecule has 0 aliphatic carbocycles. The van der Waals surface area contributed by atoms with Gasteiger partial charge in [-0.1, -0.05) is 133 Å². The van der Waals surface area contributed by atoms with Gasteiger partial charge in [0, 0.05) is 50.1 Å². The van der Waals surface area contributed by atoms with Gasteiger partial charge >= 0.3 is 0 Å². The molecule has 0 radical (unpaired) electrons. The van der Waals surface area contributed by atoms with E-state index in [-0.39, 0.29) is 0 Å². The first kappa shape index (κ1) is 31.2. The second-order valence-electron chi connectivity index (χ2n) is 14.2. The van der Waals surface area contributed by atoms with E-state index in [0.717, 1.165) is 55.8 Å². The number of hydrogen-bond donors (Lipinski definition) is 0. The largest absolute Gasteiger partial charge is 0.456 e. The third-order valence-electron chi connectivity index (χ3n) is 11.0. The fourth-order valence-electron chi connectivity index (χ4n) is 8.37. The minimum Gasteiger partial charge on any atom is -0.456 e. The Labute approximate surface area is 318 Å². The summed E-state index contributed by atoms with van der Waals surface area (Å²) in [4.78, 5) is 2.39. The van der Waals surface area contributed by atoms with Crippen LogP contribution in [0.15, 0.2) is 211 Å². The molecule has 0 fully saturated rings. The monoisotopic (exact) mass is 702 g/mol. The Balaban J connectivity index is 1.04. The van der Waals surface area contributed by atoms with Crippen LogP contribution in [0, 0.1) is 0 Å². The Hall–Kier alpha value is -7.36. The maximum absolute atomic E-state index is 6.32. The van der Waals surface area contributed by atoms with E-state index >= 15 is 0 Å². The van der Waals surface area contributed by atoms with Gasteiger partial charge in [-0.25, -0.2) is 0 Å². The number of fused-ring (bicyclic) bond motifs is 7. The number of furan rings is 1. The molecule has 0 amide bonds. The maximum atomic E-state index is 6.32. The normalized spacial score (nSPS) is 11.6. The molecule has 11 aromatic rings. The first-order valence-corrected chi connectivity index (χ1v) is 18.8. The average Bonchev–Trinajstić information content (AvgIpc) is 3.79. The smallest absolute Gasteiger partial charge is 0.137 e. The van der Waals surface area contributed by atoms with Gasteiger partial charge in [0.2, 0.25) is 0 Å². The molecule has 0 bridgehead atoms. The Kier molecular flexibility index (Phi) is 7.17. The highest BCUT2D eigenvalue weighted by atomic mass is 16.3. The quantitative estimate of drug-likeness (QED) is 0.172. The molecule has 9 aromatic carbocycles. The van der Waals surface area contributed by atoms with Gasteiger partial charge in [0.1, 0.15) is 11.2 Å². The van der Waals surface area contributed by atoms with Gasteiger partial charge in [-0.2, -0.15) is 0 Å². The highest BCUT2D eigenvalue weighted by molar-refractivity contribution is 6.11. The third kappa shape index (κ3) is 5.20. The van der Waals surface area contributed by atoms with Crippen LogP contribution in [-0.2, 0) is 0 Å². The van der Waals surface area contributed by atoms with Crippen molar-refractivity contribution in [2.24, 2.45) is 0 Å². The predicted octanol–water partition coefficient (Wildman–Crippen LogP) is 14.6. The summed E-state index contributed by atoms with van der Waals surface area (Å²) >= 11 is 0. The van der Waals surface area contributed by atoms with Crippen molar-refractivity contribution >= 4 is 71.6 Å². The lowest BCUT2D eigenvalue weighted by Crippen LogP contribution is -2.10. The molecular formula is C52H34N2O. The van der Waals surface area contributed by atoms with E-state index in [0.29, 0.717) is 0 Å². The SMILES string of the molecule is c1ccc(-c2ccc(N(c3cccc(-c4ccc5c(c4)c4ccccc4n5-c4ccc5c(c4)oc4ccccc45)c3)c3cccc4ccccc34)cc2)cc1. The Morgan fingerprint density at radius 3 is 1.87 bits per heavy atom. The van der Waals surface area contributed by atoms with Crippen LogP contribution in [0.1, 0.15) is 0 Å². The molecule has 0 saturated heterocycles. The van der Waals surface area contributed by atoms with Crippen LogP contribution in [0.5, 0.6) is 0 Å². The van der Waals surface area contributed by atoms with Gasteiger partial charge in [-0.05, 0) is 94.4 Å². The number of benzene rings is 9. The molecule has 258 valence electrons. The van der Waals surface area contributed by atoms with Crippen molar-refractivity contribution in [1.29, 1.82) is 0 Å². The molecule has 3 heteroatoms. The van der Waals surface area contributed by atoms with Gasteiger partial charge in [0.25, 0.3) is 0 Å². The van der Waals surface area contributed by atoms with Gasteiger partial charge < -0.3 is 13.9 Å². The van der Waals surface area contributed by atoms with Crippen LogP contribution in [0.4, 0.5) is 17.1 Å². The second kappa shape index (κ2) is 12.6. The van der Waals surface area contributed by atoms with Gasteiger partial charge in [0.15, 0.2) is 0 Å². The molecule has 0 unspecified atom stereocenters. The van der Waals surface area contributed by atoms with E-state index in [1.807, 2.05) is 12.1 Å². The Bertz CT molecular complexity index is 3200. The minimum absolute atomic E-state index is 0.892. The molecule has 2 aromatic heterocycles. The van der Waals surface area contributed by atoms with E-state index in [1.165, 1.54) is 43.8 Å². The fourth-order valence-corrected chi connectivity index (χ4v) is 8.37. The first-order chi connectivity index (χ1) is 27.3. The van der Waals surface area contributed by atoms with E-state index in [4.69, 9.17) is 4.42 Å². The summed E-state index contributed by atoms with van der Waals surface area (Å²) in [5.74, 6) is 0. The molecule has 55 heavy (non-hydrogen) atoms. The van der Waals surface area contributed by atoms with Crippen LogP contribution in [0.25, 0.3) is 82.5 Å². The van der Waals surface area contributed by atoms with E-state index < -0.39 is 0 Å². The van der Waals surface area contributed by atoms with Crippen molar-refractivity contribution < 1.29 is 4.42 Å². The first-order valence-electron chi connectivity index (χ1n) is 18.8. The number of rotatable bonds is 6. The van der Waals surface area contributed by atoms with Crippen molar-refractivity contribution in [3.05, 3.63) is 206 Å². The van der Waals surface area contributed by atoms with E-state index in [2.05, 4.69) is 204 Å². The zero-order valence-electron chi connectivity index (χ0n) is 29.9. The summed E-state index contributed by atoms with van der Waals surface area (Å²) < 4.78 is 8.68. The van der Waals surface area contributed by atoms with Crippen LogP contribution in [0.3, 0.4) is 0 Å². The highest BCUT2D eigenvalue weighted by Crippen LogP contribution is 2.42. The van der Waals surface area contributed by atoms with Crippen LogP contribution in [0.2, 0.25) is 0 Å². The highest BCUT2D eigenvalue weighted by Gasteiger charge is 2.18. The molecule has 0 atom stereocenters. The molecule has 11 rings (SSSR count). The topological polar surface area (TPSA) is 21.3 Å². The minimum atomic E-state index is 0.892. The van der Waals surface area contributed by atoms with Crippen LogP contribution < -0.4 is 4.90 Å². The van der Waals surface area contributed by atoms with Gasteiger partial charge in [-0.3, -0.25) is 0 Å². The third-order valence-corrected chi connectivity index (χ3v) is 11.0. The molecule has 2 heterocycles. The molecule has 0 saturated carbocycles. The number of hydrogen-bond acceptors (Lipinski definition) is 2. The Morgan fingerprint density at radius 2 is 0.982 bits per heavy atom. The zero-order chi connectivity index (χ0) is 36.3. The molecule has 0 spiro atoms. The van der Waals surface area contributed by atoms with Crippen LogP contribution in [-0.4, -0.2) is 4.57 Å². The lowest BCUT2D eigenvalue weighted by Gasteiger charge is -2.27. The molecule has 0 aliphatic heterocycles. The Morgan fingerprint density at radius 1 is 0.345 bits per heavy atom. The maximum Gasteiger partial charge on any atom is 0.137 e. The molecule has 0 aliphatic rings. The predicted molar refractivity (Wildman–Crippen MR) is 231 cm³/mol. The van der Waals surface area contributed by atoms with Crippen molar-refractivity contribution in [1.82, 2.24) is 4.57 Å². The molecule has 0 N–H and O–H groups in total. The van der Waals surface area contributed by atoms with Crippen molar-refractivity contribution in [3.8, 4) is 27.9 Å². The van der Waals surface area contributed by atoms with Crippen LogP contribution >= 0.6 is 0 Å². The van der Waals surface area contributed by atoms with Gasteiger partial charge in [-0.15, -0.1) is 0 Å². The fraction of sp³-hybridized carbons (Fsp3) is 0. The lowest BCUT2D eigenvalue weighted by molar-refractivity contribution is 0.668. The standard InChI is InChI=1S/C52H34N2O/c1-2-12-35(13-3-1)36-24-27-40(28-25-36)53(48-22-11-15-37-14-4-5-18-43(37)48)41-17-10-16-38(32-41)39-26-31-50-47(33-39)44-19-6-8-21-49(44)54(50)42-29-30-46-45-20-7-9-23-51(45)55-52(46)34-42/h1-34H. The summed E-state index contributed by atoms with van der Waals surface area (Å²) in [6.45, 7) is 0. The second-order valence-corrected chi connectivity index (χ2v) is 14.2. The van der Waals surface area contributed by atoms with Crippen molar-refractivity contribution in [2.75, 3.05) is 4.90 Å². The summed E-state index contributed by atoms with van der Waals surface area (Å²) in [5, 5.41) is 7.12. The average molecular weight is 703 g/mol. The summed E-state index contributed by atoms with van der Waals surface area (Å²) in [7, 11) is 0. The van der Waals surface area contributed by atoms with E-state index in [1.54, 1.807) is 0 Å². The zero-order valence-corrected chi connectivity index (χ0v) is 29.9. The van der Waals surface area contributed by atoms with Crippen molar-refractivity contribution in [2.45, 2.75) is 0 Å².